The number of rotatable bonds is 5. The normalized spacial score (nSPS) is 12.1. The maximum atomic E-state index is 12.9. The van der Waals surface area contributed by atoms with Crippen molar-refractivity contribution in [2.75, 3.05) is 13.1 Å². The number of halogens is 6. The lowest BCUT2D eigenvalue weighted by Crippen LogP contribution is -2.41. The second-order valence-corrected chi connectivity index (χ2v) is 7.02. The first-order valence-corrected chi connectivity index (χ1v) is 7.84. The Morgan fingerprint density at radius 3 is 2.15 bits per heavy atom. The Balaban J connectivity index is 0.00000361. The number of benzene rings is 1. The van der Waals surface area contributed by atoms with Crippen LogP contribution in [0.25, 0.3) is 0 Å². The average Bonchev–Trinajstić information content (AvgIpc) is 2.25. The third-order valence-corrected chi connectivity index (χ3v) is 4.83. The average molecular weight is 435 g/mol. The summed E-state index contributed by atoms with van der Waals surface area (Å²) < 4.78 is 51.8. The third-order valence-electron chi connectivity index (χ3n) is 2.05. The quantitative estimate of drug-likeness (QED) is 0.748. The molecular formula is C9H10BrCl3F2N2O2S. The molecule has 0 aliphatic carbocycles. The molecule has 0 heterocycles. The van der Waals surface area contributed by atoms with Gasteiger partial charge in [-0.3, -0.25) is 0 Å². The fourth-order valence-electron chi connectivity index (χ4n) is 1.13. The van der Waals surface area contributed by atoms with Crippen LogP contribution in [-0.2, 0) is 10.0 Å². The van der Waals surface area contributed by atoms with E-state index in [0.717, 1.165) is 0 Å². The Bertz CT molecular complexity index is 564. The van der Waals surface area contributed by atoms with E-state index in [1.54, 1.807) is 4.72 Å². The highest BCUT2D eigenvalue weighted by atomic mass is 79.9. The number of alkyl halides is 2. The Labute approximate surface area is 139 Å². The molecular weight excluding hydrogens is 424 g/mol. The first-order chi connectivity index (χ1) is 8.59. The molecule has 1 aromatic rings. The Kier molecular flexibility index (Phi) is 7.64. The molecule has 11 heteroatoms. The van der Waals surface area contributed by atoms with E-state index in [2.05, 4.69) is 15.9 Å². The summed E-state index contributed by atoms with van der Waals surface area (Å²) in [7, 11) is -4.25. The largest absolute Gasteiger partial charge is 0.325 e. The molecule has 4 nitrogen and oxygen atoms in total. The van der Waals surface area contributed by atoms with Gasteiger partial charge in [0, 0.05) is 4.47 Å². The van der Waals surface area contributed by atoms with Crippen molar-refractivity contribution in [3.8, 4) is 0 Å². The molecule has 1 rings (SSSR count). The molecule has 0 saturated heterocycles. The van der Waals surface area contributed by atoms with Gasteiger partial charge in [-0.15, -0.1) is 12.4 Å². The second kappa shape index (κ2) is 7.53. The van der Waals surface area contributed by atoms with Crippen molar-refractivity contribution in [3.63, 3.8) is 0 Å². The van der Waals surface area contributed by atoms with Crippen LogP contribution in [0.3, 0.4) is 0 Å². The van der Waals surface area contributed by atoms with Crippen LogP contribution in [0.1, 0.15) is 0 Å². The van der Waals surface area contributed by atoms with Gasteiger partial charge in [0.25, 0.3) is 5.92 Å². The van der Waals surface area contributed by atoms with Crippen LogP contribution in [0.5, 0.6) is 0 Å². The van der Waals surface area contributed by atoms with Gasteiger partial charge >= 0.3 is 0 Å². The van der Waals surface area contributed by atoms with E-state index in [4.69, 9.17) is 28.9 Å². The molecule has 0 amide bonds. The van der Waals surface area contributed by atoms with Gasteiger partial charge in [-0.2, -0.15) is 0 Å². The van der Waals surface area contributed by atoms with E-state index in [1.807, 2.05) is 0 Å². The molecule has 0 fully saturated rings. The van der Waals surface area contributed by atoms with Gasteiger partial charge < -0.3 is 5.73 Å². The highest BCUT2D eigenvalue weighted by Crippen LogP contribution is 2.32. The standard InChI is InChI=1S/C9H9BrCl2F2N2O2S.ClH/c10-5-1-6(11)8(7(12)2-5)19(17,18)16-4-9(13,14)3-15;/h1-2,16H,3-4,15H2;1H. The fourth-order valence-corrected chi connectivity index (χ4v) is 4.13. The first kappa shape index (κ1) is 20.3. The van der Waals surface area contributed by atoms with Crippen molar-refractivity contribution < 1.29 is 17.2 Å². The smallest absolute Gasteiger partial charge is 0.273 e. The summed E-state index contributed by atoms with van der Waals surface area (Å²) in [5, 5.41) is -0.356. The van der Waals surface area contributed by atoms with E-state index in [-0.39, 0.29) is 22.5 Å². The Morgan fingerprint density at radius 2 is 1.75 bits per heavy atom. The van der Waals surface area contributed by atoms with Crippen molar-refractivity contribution in [2.45, 2.75) is 10.8 Å². The highest BCUT2D eigenvalue weighted by molar-refractivity contribution is 9.10. The molecule has 20 heavy (non-hydrogen) atoms. The third kappa shape index (κ3) is 5.25. The molecule has 3 N–H and O–H groups in total. The van der Waals surface area contributed by atoms with Gasteiger partial charge in [-0.25, -0.2) is 21.9 Å². The predicted molar refractivity (Wildman–Crippen MR) is 80.6 cm³/mol. The van der Waals surface area contributed by atoms with Crippen LogP contribution in [0.15, 0.2) is 21.5 Å². The molecule has 0 atom stereocenters. The summed E-state index contributed by atoms with van der Waals surface area (Å²) in [5.41, 5.74) is 4.81. The minimum Gasteiger partial charge on any atom is -0.325 e. The van der Waals surface area contributed by atoms with Gasteiger partial charge in [-0.05, 0) is 12.1 Å². The zero-order chi connectivity index (χ0) is 14.8. The van der Waals surface area contributed by atoms with Crippen LogP contribution in [0.4, 0.5) is 8.78 Å². The van der Waals surface area contributed by atoms with Gasteiger partial charge in [0.2, 0.25) is 10.0 Å². The Morgan fingerprint density at radius 1 is 1.30 bits per heavy atom. The van der Waals surface area contributed by atoms with Crippen LogP contribution in [0, 0.1) is 0 Å². The summed E-state index contributed by atoms with van der Waals surface area (Å²) in [6.07, 6.45) is 0. The summed E-state index contributed by atoms with van der Waals surface area (Å²) in [5.74, 6) is -3.35. The van der Waals surface area contributed by atoms with Gasteiger partial charge in [0.05, 0.1) is 23.1 Å². The van der Waals surface area contributed by atoms with Crippen molar-refractivity contribution in [2.24, 2.45) is 5.73 Å². The SMILES string of the molecule is Cl.NCC(F)(F)CNS(=O)(=O)c1c(Cl)cc(Br)cc1Cl. The van der Waals surface area contributed by atoms with Crippen molar-refractivity contribution in [3.05, 3.63) is 26.7 Å². The molecule has 0 aromatic heterocycles. The molecule has 116 valence electrons. The highest BCUT2D eigenvalue weighted by Gasteiger charge is 2.31. The summed E-state index contributed by atoms with van der Waals surface area (Å²) in [6.45, 7) is -2.11. The van der Waals surface area contributed by atoms with E-state index < -0.39 is 33.9 Å². The molecule has 0 bridgehead atoms. The number of sulfonamides is 1. The second-order valence-electron chi connectivity index (χ2n) is 3.58. The lowest BCUT2D eigenvalue weighted by atomic mass is 10.3. The van der Waals surface area contributed by atoms with E-state index in [0.29, 0.717) is 4.47 Å². The molecule has 0 radical (unpaired) electrons. The van der Waals surface area contributed by atoms with Gasteiger partial charge in [0.1, 0.15) is 4.90 Å². The molecule has 0 aliphatic heterocycles. The van der Waals surface area contributed by atoms with Crippen LogP contribution in [-0.4, -0.2) is 27.4 Å². The monoisotopic (exact) mass is 432 g/mol. The molecule has 0 spiro atoms. The summed E-state index contributed by atoms with van der Waals surface area (Å²) in [4.78, 5) is -0.452. The van der Waals surface area contributed by atoms with Crippen molar-refractivity contribution >= 4 is 61.6 Å². The van der Waals surface area contributed by atoms with E-state index in [9.17, 15) is 17.2 Å². The van der Waals surface area contributed by atoms with Gasteiger partial charge in [-0.1, -0.05) is 39.1 Å². The van der Waals surface area contributed by atoms with Gasteiger partial charge in [0.15, 0.2) is 0 Å². The van der Waals surface area contributed by atoms with Crippen LogP contribution < -0.4 is 10.5 Å². The number of hydrogen-bond acceptors (Lipinski definition) is 3. The van der Waals surface area contributed by atoms with Crippen LogP contribution in [0.2, 0.25) is 10.0 Å². The Hall–Kier alpha value is 0.300. The first-order valence-electron chi connectivity index (χ1n) is 4.81. The fraction of sp³-hybridized carbons (Fsp3) is 0.333. The lowest BCUT2D eigenvalue weighted by Gasteiger charge is -2.16. The minimum atomic E-state index is -4.25. The molecule has 0 unspecified atom stereocenters. The minimum absolute atomic E-state index is 0. The maximum Gasteiger partial charge on any atom is 0.273 e. The topological polar surface area (TPSA) is 72.2 Å². The molecule has 0 aliphatic rings. The predicted octanol–water partition coefficient (Wildman–Crippen LogP) is 3.05. The van der Waals surface area contributed by atoms with E-state index in [1.165, 1.54) is 12.1 Å². The summed E-state index contributed by atoms with van der Waals surface area (Å²) in [6, 6.07) is 2.59. The van der Waals surface area contributed by atoms with Crippen molar-refractivity contribution in [1.29, 1.82) is 0 Å². The zero-order valence-corrected chi connectivity index (χ0v) is 14.4. The zero-order valence-electron chi connectivity index (χ0n) is 9.67. The van der Waals surface area contributed by atoms with Crippen molar-refractivity contribution in [1.82, 2.24) is 4.72 Å². The maximum absolute atomic E-state index is 12.9. The molecule has 0 saturated carbocycles. The number of nitrogens with one attached hydrogen (secondary N) is 1. The molecule has 1 aromatic carbocycles. The van der Waals surface area contributed by atoms with Crippen LogP contribution >= 0.6 is 51.5 Å². The summed E-state index contributed by atoms with van der Waals surface area (Å²) >= 11 is 14.6. The lowest BCUT2D eigenvalue weighted by molar-refractivity contribution is 0.0170. The van der Waals surface area contributed by atoms with E-state index >= 15 is 0 Å². The number of hydrogen-bond donors (Lipinski definition) is 2. The number of nitrogens with two attached hydrogens (primary N) is 1.